The Morgan fingerprint density at radius 1 is 0.657 bits per heavy atom. The number of rotatable bonds is 22. The van der Waals surface area contributed by atoms with Gasteiger partial charge in [-0.25, -0.2) is 4.79 Å². The number of hydrogen-bond donors (Lipinski definition) is 0. The van der Waals surface area contributed by atoms with Crippen LogP contribution in [0.15, 0.2) is 12.2 Å². The lowest BCUT2D eigenvalue weighted by molar-refractivity contribution is -0.146. The quantitative estimate of drug-likeness (QED) is 0.0838. The molecule has 0 saturated heterocycles. The lowest BCUT2D eigenvalue weighted by Gasteiger charge is -2.14. The van der Waals surface area contributed by atoms with Crippen molar-refractivity contribution in [3.63, 3.8) is 0 Å². The number of unbranched alkanes of at least 4 members (excludes halogenated alkanes) is 4. The molecule has 0 aliphatic rings. The van der Waals surface area contributed by atoms with E-state index in [1.54, 1.807) is 6.92 Å². The van der Waals surface area contributed by atoms with E-state index in [0.717, 1.165) is 32.1 Å². The molecule has 0 heterocycles. The van der Waals surface area contributed by atoms with Gasteiger partial charge in [0.1, 0.15) is 0 Å². The predicted molar refractivity (Wildman–Crippen MR) is 134 cm³/mol. The minimum atomic E-state index is -0.463. The van der Waals surface area contributed by atoms with Gasteiger partial charge in [0, 0.05) is 24.8 Å². The Balaban J connectivity index is 3.56. The van der Waals surface area contributed by atoms with Crippen molar-refractivity contribution in [1.82, 2.24) is 0 Å². The van der Waals surface area contributed by atoms with E-state index in [9.17, 15) is 19.2 Å². The SMILES string of the molecule is C=C(C)C(=O)OCCCC(=O)OCCCCCC(=O)OCCCCC(=O)OCC(CC)CCCC. The van der Waals surface area contributed by atoms with Crippen LogP contribution in [0.25, 0.3) is 0 Å². The zero-order valence-electron chi connectivity index (χ0n) is 22.1. The van der Waals surface area contributed by atoms with E-state index < -0.39 is 5.97 Å². The van der Waals surface area contributed by atoms with Crippen molar-refractivity contribution in [2.24, 2.45) is 5.92 Å². The molecule has 35 heavy (non-hydrogen) atoms. The number of hydrogen-bond acceptors (Lipinski definition) is 8. The van der Waals surface area contributed by atoms with Crippen molar-refractivity contribution in [2.75, 3.05) is 26.4 Å². The van der Waals surface area contributed by atoms with Crippen LogP contribution in [0.2, 0.25) is 0 Å². The maximum Gasteiger partial charge on any atom is 0.333 e. The van der Waals surface area contributed by atoms with Crippen LogP contribution < -0.4 is 0 Å². The van der Waals surface area contributed by atoms with E-state index in [-0.39, 0.29) is 30.9 Å². The molecule has 0 saturated carbocycles. The lowest BCUT2D eigenvalue weighted by atomic mass is 10.0. The fourth-order valence-corrected chi connectivity index (χ4v) is 3.12. The van der Waals surface area contributed by atoms with Gasteiger partial charge in [0.2, 0.25) is 0 Å². The standard InChI is InChI=1S/C27H46O8/c1-5-7-14-23(6-2)21-35-26(30)16-10-12-19-33-24(28)15-9-8-11-18-32-25(29)17-13-20-34-27(31)22(3)4/h23H,3,5-21H2,1-2,4H3. The molecule has 0 N–H and O–H groups in total. The highest BCUT2D eigenvalue weighted by Gasteiger charge is 2.10. The Hall–Kier alpha value is -2.38. The molecule has 202 valence electrons. The fourth-order valence-electron chi connectivity index (χ4n) is 3.12. The average molecular weight is 499 g/mol. The molecule has 1 unspecified atom stereocenters. The maximum absolute atomic E-state index is 11.8. The summed E-state index contributed by atoms with van der Waals surface area (Å²) in [6.45, 7) is 10.6. The molecule has 8 heteroatoms. The average Bonchev–Trinajstić information content (AvgIpc) is 2.83. The molecule has 0 aromatic carbocycles. The van der Waals surface area contributed by atoms with E-state index in [1.165, 1.54) is 0 Å². The van der Waals surface area contributed by atoms with Crippen molar-refractivity contribution in [2.45, 2.75) is 104 Å². The molecule has 0 bridgehead atoms. The fraction of sp³-hybridized carbons (Fsp3) is 0.778. The maximum atomic E-state index is 11.8. The summed E-state index contributed by atoms with van der Waals surface area (Å²) in [6.07, 6.45) is 9.04. The van der Waals surface area contributed by atoms with Crippen LogP contribution in [0, 0.1) is 5.92 Å². The van der Waals surface area contributed by atoms with E-state index in [1.807, 2.05) is 0 Å². The van der Waals surface area contributed by atoms with Crippen LogP contribution in [0.4, 0.5) is 0 Å². The molecular formula is C27H46O8. The molecule has 0 aromatic rings. The number of carbonyl (C=O) groups is 4. The first-order valence-electron chi connectivity index (χ1n) is 13.1. The van der Waals surface area contributed by atoms with Crippen LogP contribution in [0.1, 0.15) is 104 Å². The minimum Gasteiger partial charge on any atom is -0.466 e. The van der Waals surface area contributed by atoms with Crippen LogP contribution >= 0.6 is 0 Å². The Bertz CT molecular complexity index is 629. The van der Waals surface area contributed by atoms with Crippen molar-refractivity contribution in [1.29, 1.82) is 0 Å². The molecule has 0 aliphatic carbocycles. The van der Waals surface area contributed by atoms with Gasteiger partial charge in [-0.2, -0.15) is 0 Å². The van der Waals surface area contributed by atoms with Gasteiger partial charge in [0.05, 0.1) is 26.4 Å². The first-order chi connectivity index (χ1) is 16.8. The number of ether oxygens (including phenoxy) is 4. The first kappa shape index (κ1) is 32.6. The van der Waals surface area contributed by atoms with E-state index in [0.29, 0.717) is 76.3 Å². The van der Waals surface area contributed by atoms with Gasteiger partial charge in [-0.1, -0.05) is 39.7 Å². The summed E-state index contributed by atoms with van der Waals surface area (Å²) in [7, 11) is 0. The molecule has 8 nitrogen and oxygen atoms in total. The highest BCUT2D eigenvalue weighted by atomic mass is 16.5. The smallest absolute Gasteiger partial charge is 0.333 e. The topological polar surface area (TPSA) is 105 Å². The molecule has 0 aliphatic heterocycles. The zero-order valence-corrected chi connectivity index (χ0v) is 22.1. The third kappa shape index (κ3) is 20.7. The van der Waals surface area contributed by atoms with Gasteiger partial charge in [0.15, 0.2) is 0 Å². The second-order valence-corrected chi connectivity index (χ2v) is 8.83. The molecule has 0 aromatic heterocycles. The monoisotopic (exact) mass is 498 g/mol. The lowest BCUT2D eigenvalue weighted by Crippen LogP contribution is -2.14. The Kier molecular flexibility index (Phi) is 20.6. The summed E-state index contributed by atoms with van der Waals surface area (Å²) in [5.41, 5.74) is 0.326. The van der Waals surface area contributed by atoms with Crippen molar-refractivity contribution < 1.29 is 38.1 Å². The molecular weight excluding hydrogens is 452 g/mol. The molecule has 0 amide bonds. The van der Waals surface area contributed by atoms with Gasteiger partial charge < -0.3 is 18.9 Å². The summed E-state index contributed by atoms with van der Waals surface area (Å²) >= 11 is 0. The van der Waals surface area contributed by atoms with Crippen LogP contribution in [-0.2, 0) is 38.1 Å². The Morgan fingerprint density at radius 3 is 1.74 bits per heavy atom. The van der Waals surface area contributed by atoms with Crippen molar-refractivity contribution >= 4 is 23.9 Å². The highest BCUT2D eigenvalue weighted by Crippen LogP contribution is 2.13. The zero-order chi connectivity index (χ0) is 26.3. The van der Waals surface area contributed by atoms with E-state index >= 15 is 0 Å². The van der Waals surface area contributed by atoms with Gasteiger partial charge in [-0.05, 0) is 57.8 Å². The molecule has 0 radical (unpaired) electrons. The number of carbonyl (C=O) groups excluding carboxylic acids is 4. The van der Waals surface area contributed by atoms with Crippen LogP contribution in [0.5, 0.6) is 0 Å². The largest absolute Gasteiger partial charge is 0.466 e. The highest BCUT2D eigenvalue weighted by molar-refractivity contribution is 5.86. The molecule has 1 atom stereocenters. The third-order valence-electron chi connectivity index (χ3n) is 5.46. The summed E-state index contributed by atoms with van der Waals surface area (Å²) in [6, 6.07) is 0. The van der Waals surface area contributed by atoms with Crippen molar-refractivity contribution in [3.05, 3.63) is 12.2 Å². The summed E-state index contributed by atoms with van der Waals surface area (Å²) in [5.74, 6) is -0.790. The third-order valence-corrected chi connectivity index (χ3v) is 5.46. The second kappa shape index (κ2) is 22.1. The number of esters is 4. The molecule has 0 rings (SSSR count). The second-order valence-electron chi connectivity index (χ2n) is 8.83. The summed E-state index contributed by atoms with van der Waals surface area (Å²) in [4.78, 5) is 46.4. The predicted octanol–water partition coefficient (Wildman–Crippen LogP) is 5.46. The van der Waals surface area contributed by atoms with Gasteiger partial charge >= 0.3 is 23.9 Å². The van der Waals surface area contributed by atoms with Gasteiger partial charge in [-0.15, -0.1) is 0 Å². The Labute approximate surface area is 211 Å². The summed E-state index contributed by atoms with van der Waals surface area (Å²) in [5, 5.41) is 0. The van der Waals surface area contributed by atoms with Crippen LogP contribution in [0.3, 0.4) is 0 Å². The van der Waals surface area contributed by atoms with Gasteiger partial charge in [0.25, 0.3) is 0 Å². The Morgan fingerprint density at radius 2 is 1.17 bits per heavy atom. The van der Waals surface area contributed by atoms with E-state index in [2.05, 4.69) is 20.4 Å². The van der Waals surface area contributed by atoms with Crippen LogP contribution in [-0.4, -0.2) is 50.3 Å². The van der Waals surface area contributed by atoms with Crippen molar-refractivity contribution in [3.8, 4) is 0 Å². The minimum absolute atomic E-state index is 0.158. The normalized spacial score (nSPS) is 11.4. The van der Waals surface area contributed by atoms with Gasteiger partial charge in [-0.3, -0.25) is 14.4 Å². The van der Waals surface area contributed by atoms with E-state index in [4.69, 9.17) is 18.9 Å². The first-order valence-corrected chi connectivity index (χ1v) is 13.1. The summed E-state index contributed by atoms with van der Waals surface area (Å²) < 4.78 is 20.6. The molecule has 0 fully saturated rings. The molecule has 0 spiro atoms.